The maximum absolute atomic E-state index is 12.8. The number of nitrogens with one attached hydrogen (secondary N) is 1. The first-order chi connectivity index (χ1) is 14.2. The smallest absolute Gasteiger partial charge is 0.255 e. The molecule has 1 aliphatic rings. The zero-order valence-corrected chi connectivity index (χ0v) is 17.0. The van der Waals surface area contributed by atoms with Gasteiger partial charge in [0.25, 0.3) is 5.91 Å². The van der Waals surface area contributed by atoms with E-state index >= 15 is 0 Å². The number of pyridine rings is 1. The second kappa shape index (κ2) is 8.55. The Labute approximate surface area is 170 Å². The van der Waals surface area contributed by atoms with Gasteiger partial charge in [-0.05, 0) is 49.6 Å². The van der Waals surface area contributed by atoms with Gasteiger partial charge in [-0.25, -0.2) is 4.98 Å². The topological polar surface area (TPSA) is 67.6 Å². The highest BCUT2D eigenvalue weighted by Crippen LogP contribution is 2.29. The number of carbonyl (C=O) groups excluding carboxylic acids is 1. The van der Waals surface area contributed by atoms with Crippen LogP contribution in [0, 0.1) is 6.92 Å². The highest BCUT2D eigenvalue weighted by Gasteiger charge is 2.19. The molecule has 0 saturated carbocycles. The van der Waals surface area contributed by atoms with Crippen LogP contribution in [0.2, 0.25) is 0 Å². The molecule has 152 valence electrons. The van der Waals surface area contributed by atoms with Crippen LogP contribution in [-0.2, 0) is 6.54 Å². The summed E-state index contributed by atoms with van der Waals surface area (Å²) in [6.45, 7) is 4.36. The summed E-state index contributed by atoms with van der Waals surface area (Å²) >= 11 is 0. The summed E-state index contributed by atoms with van der Waals surface area (Å²) in [7, 11) is 1.61. The number of fused-ring (bicyclic) bond motifs is 1. The van der Waals surface area contributed by atoms with E-state index in [1.807, 2.05) is 30.5 Å². The maximum Gasteiger partial charge on any atom is 0.255 e. The summed E-state index contributed by atoms with van der Waals surface area (Å²) in [5, 5.41) is 3.75. The van der Waals surface area contributed by atoms with Crippen LogP contribution >= 0.6 is 0 Å². The molecule has 6 heteroatoms. The Kier molecular flexibility index (Phi) is 5.69. The molecule has 0 unspecified atom stereocenters. The SMILES string of the molecule is COc1ccc2oc(C)c(C(=O)NCc3ccc(N4CCCCCC4)nc3)c2c1. The van der Waals surface area contributed by atoms with E-state index in [0.717, 1.165) is 29.9 Å². The van der Waals surface area contributed by atoms with E-state index in [4.69, 9.17) is 9.15 Å². The minimum atomic E-state index is -0.161. The summed E-state index contributed by atoms with van der Waals surface area (Å²) in [5.74, 6) is 2.15. The van der Waals surface area contributed by atoms with Crippen LogP contribution in [0.1, 0.15) is 47.4 Å². The third-order valence-corrected chi connectivity index (χ3v) is 5.49. The van der Waals surface area contributed by atoms with Gasteiger partial charge in [0, 0.05) is 31.2 Å². The molecule has 0 spiro atoms. The van der Waals surface area contributed by atoms with Gasteiger partial charge in [-0.2, -0.15) is 0 Å². The zero-order chi connectivity index (χ0) is 20.2. The maximum atomic E-state index is 12.8. The van der Waals surface area contributed by atoms with E-state index in [-0.39, 0.29) is 5.91 Å². The highest BCUT2D eigenvalue weighted by atomic mass is 16.5. The van der Waals surface area contributed by atoms with Crippen LogP contribution in [0.25, 0.3) is 11.0 Å². The number of nitrogens with zero attached hydrogens (tertiary/aromatic N) is 2. The Balaban J connectivity index is 1.44. The number of rotatable bonds is 5. The lowest BCUT2D eigenvalue weighted by Crippen LogP contribution is -2.25. The van der Waals surface area contributed by atoms with Crippen molar-refractivity contribution in [2.45, 2.75) is 39.2 Å². The molecule has 0 radical (unpaired) electrons. The number of anilines is 1. The fourth-order valence-electron chi connectivity index (χ4n) is 3.89. The Hall–Kier alpha value is -3.02. The molecule has 4 rings (SSSR count). The van der Waals surface area contributed by atoms with Crippen LogP contribution in [-0.4, -0.2) is 31.1 Å². The molecule has 0 atom stereocenters. The fraction of sp³-hybridized carbons (Fsp3) is 0.391. The van der Waals surface area contributed by atoms with Crippen LogP contribution in [0.4, 0.5) is 5.82 Å². The van der Waals surface area contributed by atoms with Gasteiger partial charge in [-0.15, -0.1) is 0 Å². The number of aryl methyl sites for hydroxylation is 1. The molecule has 29 heavy (non-hydrogen) atoms. The molecule has 3 heterocycles. The predicted octanol–water partition coefficient (Wildman–Crippen LogP) is 4.46. The van der Waals surface area contributed by atoms with Gasteiger partial charge in [0.05, 0.1) is 12.7 Å². The van der Waals surface area contributed by atoms with Gasteiger partial charge >= 0.3 is 0 Å². The van der Waals surface area contributed by atoms with Crippen LogP contribution in [0.3, 0.4) is 0 Å². The number of methoxy groups -OCH3 is 1. The van der Waals surface area contributed by atoms with Crippen molar-refractivity contribution < 1.29 is 13.9 Å². The molecule has 6 nitrogen and oxygen atoms in total. The summed E-state index contributed by atoms with van der Waals surface area (Å²) < 4.78 is 11.0. The lowest BCUT2D eigenvalue weighted by molar-refractivity contribution is 0.0951. The summed E-state index contributed by atoms with van der Waals surface area (Å²) in [4.78, 5) is 19.8. The van der Waals surface area contributed by atoms with Crippen molar-refractivity contribution >= 4 is 22.7 Å². The first-order valence-electron chi connectivity index (χ1n) is 10.2. The lowest BCUT2D eigenvalue weighted by atomic mass is 10.1. The van der Waals surface area contributed by atoms with Crippen molar-refractivity contribution in [3.8, 4) is 5.75 Å². The van der Waals surface area contributed by atoms with Gasteiger partial charge < -0.3 is 19.4 Å². The van der Waals surface area contributed by atoms with Gasteiger partial charge in [0.15, 0.2) is 0 Å². The number of ether oxygens (including phenoxy) is 1. The first kappa shape index (κ1) is 19.3. The molecule has 0 aliphatic carbocycles. The summed E-state index contributed by atoms with van der Waals surface area (Å²) in [6, 6.07) is 9.57. The van der Waals surface area contributed by atoms with E-state index in [0.29, 0.717) is 29.2 Å². The molecule has 3 aromatic rings. The largest absolute Gasteiger partial charge is 0.497 e. The Bertz CT molecular complexity index is 987. The number of hydrogen-bond acceptors (Lipinski definition) is 5. The fourth-order valence-corrected chi connectivity index (χ4v) is 3.89. The number of amides is 1. The summed E-state index contributed by atoms with van der Waals surface area (Å²) in [5.41, 5.74) is 2.20. The van der Waals surface area contributed by atoms with E-state index < -0.39 is 0 Å². The molecule has 1 fully saturated rings. The van der Waals surface area contributed by atoms with Crippen LogP contribution in [0.5, 0.6) is 5.75 Å². The van der Waals surface area contributed by atoms with E-state index in [1.54, 1.807) is 14.0 Å². The third kappa shape index (κ3) is 4.21. The molecule has 1 aliphatic heterocycles. The predicted molar refractivity (Wildman–Crippen MR) is 114 cm³/mol. The van der Waals surface area contributed by atoms with E-state index in [2.05, 4.69) is 21.3 Å². The van der Waals surface area contributed by atoms with Crippen LogP contribution < -0.4 is 15.0 Å². The molecule has 1 amide bonds. The van der Waals surface area contributed by atoms with Crippen molar-refractivity contribution in [2.75, 3.05) is 25.1 Å². The number of carbonyl (C=O) groups is 1. The quantitative estimate of drug-likeness (QED) is 0.693. The monoisotopic (exact) mass is 393 g/mol. The van der Waals surface area contributed by atoms with Crippen molar-refractivity contribution in [2.24, 2.45) is 0 Å². The van der Waals surface area contributed by atoms with Gasteiger partial charge in [0.2, 0.25) is 0 Å². The molecular weight excluding hydrogens is 366 g/mol. The molecule has 2 aromatic heterocycles. The van der Waals surface area contributed by atoms with Crippen molar-refractivity contribution in [1.29, 1.82) is 0 Å². The van der Waals surface area contributed by atoms with Crippen molar-refractivity contribution in [1.82, 2.24) is 10.3 Å². The highest BCUT2D eigenvalue weighted by molar-refractivity contribution is 6.07. The molecular formula is C23H27N3O3. The second-order valence-corrected chi connectivity index (χ2v) is 7.50. The molecule has 0 bridgehead atoms. The number of hydrogen-bond donors (Lipinski definition) is 1. The molecule has 1 aromatic carbocycles. The zero-order valence-electron chi connectivity index (χ0n) is 17.0. The average molecular weight is 393 g/mol. The van der Waals surface area contributed by atoms with Gasteiger partial charge in [0.1, 0.15) is 22.9 Å². The van der Waals surface area contributed by atoms with Gasteiger partial charge in [-0.1, -0.05) is 18.9 Å². The Morgan fingerprint density at radius 3 is 2.66 bits per heavy atom. The lowest BCUT2D eigenvalue weighted by Gasteiger charge is -2.21. The Morgan fingerprint density at radius 1 is 1.17 bits per heavy atom. The third-order valence-electron chi connectivity index (χ3n) is 5.49. The van der Waals surface area contributed by atoms with Crippen molar-refractivity contribution in [3.05, 3.63) is 53.4 Å². The minimum absolute atomic E-state index is 0.161. The van der Waals surface area contributed by atoms with E-state index in [1.165, 1.54) is 25.7 Å². The normalized spacial score (nSPS) is 14.6. The van der Waals surface area contributed by atoms with Gasteiger partial charge in [-0.3, -0.25) is 4.79 Å². The average Bonchev–Trinajstić information content (AvgIpc) is 2.90. The second-order valence-electron chi connectivity index (χ2n) is 7.50. The minimum Gasteiger partial charge on any atom is -0.497 e. The molecule has 1 saturated heterocycles. The first-order valence-corrected chi connectivity index (χ1v) is 10.2. The van der Waals surface area contributed by atoms with Crippen LogP contribution in [0.15, 0.2) is 40.9 Å². The van der Waals surface area contributed by atoms with Crippen molar-refractivity contribution in [3.63, 3.8) is 0 Å². The summed E-state index contributed by atoms with van der Waals surface area (Å²) in [6.07, 6.45) is 6.90. The van der Waals surface area contributed by atoms with E-state index in [9.17, 15) is 4.79 Å². The number of furan rings is 1. The standard InChI is InChI=1S/C23H27N3O3/c1-16-22(19-13-18(28-2)8-9-20(19)29-16)23(27)25-15-17-7-10-21(24-14-17)26-11-5-3-4-6-12-26/h7-10,13-14H,3-6,11-12,15H2,1-2H3,(H,25,27). The molecule has 1 N–H and O–H groups in total. The number of aromatic nitrogens is 1. The Morgan fingerprint density at radius 2 is 1.97 bits per heavy atom. The number of benzene rings is 1.